The molecule has 2 N–H and O–H groups in total. The Hall–Kier alpha value is -1.84. The maximum Gasteiger partial charge on any atom is 0.341 e. The first-order chi connectivity index (χ1) is 11.8. The molecule has 0 aliphatic rings. The smallest absolute Gasteiger partial charge is 0.341 e. The van der Waals surface area contributed by atoms with Crippen molar-refractivity contribution in [3.8, 4) is 11.5 Å². The number of halogens is 1. The molecule has 0 bridgehead atoms. The van der Waals surface area contributed by atoms with Crippen LogP contribution in [-0.4, -0.2) is 46.6 Å². The van der Waals surface area contributed by atoms with Gasteiger partial charge in [0.05, 0.1) is 13.7 Å². The summed E-state index contributed by atoms with van der Waals surface area (Å²) in [5.41, 5.74) is -0.0440. The molecule has 1 rings (SSSR count). The number of carbonyl (C=O) groups is 3. The maximum atomic E-state index is 10.9. The highest BCUT2D eigenvalue weighted by atomic mass is 127. The van der Waals surface area contributed by atoms with Gasteiger partial charge in [0.1, 0.15) is 29.3 Å². The molecule has 0 spiro atoms. The van der Waals surface area contributed by atoms with Gasteiger partial charge in [0.15, 0.2) is 0 Å². The van der Waals surface area contributed by atoms with Crippen LogP contribution in [0.5, 0.6) is 11.5 Å². The minimum atomic E-state index is -0.677. The first-order valence-electron chi connectivity index (χ1n) is 7.51. The van der Waals surface area contributed by atoms with Gasteiger partial charge in [-0.05, 0) is 36.5 Å². The van der Waals surface area contributed by atoms with Gasteiger partial charge in [-0.2, -0.15) is 0 Å². The quantitative estimate of drug-likeness (QED) is 0.217. The van der Waals surface area contributed by atoms with Gasteiger partial charge < -0.3 is 19.7 Å². The third kappa shape index (κ3) is 12.2. The monoisotopic (exact) mass is 468 g/mol. The summed E-state index contributed by atoms with van der Waals surface area (Å²) in [4.78, 5) is 34.4. The number of phenolic OH excluding ortho intramolecular Hbond substituents is 2. The van der Waals surface area contributed by atoms with Crippen LogP contribution in [0.3, 0.4) is 0 Å². The van der Waals surface area contributed by atoms with E-state index < -0.39 is 11.9 Å². The Bertz CT molecular complexity index is 528. The molecule has 0 atom stereocenters. The lowest BCUT2D eigenvalue weighted by Crippen LogP contribution is -2.10. The predicted octanol–water partition coefficient (Wildman–Crippen LogP) is 3.24. The number of carbonyl (C=O) groups excluding carboxylic acids is 3. The van der Waals surface area contributed by atoms with Crippen LogP contribution < -0.4 is 0 Å². The Balaban J connectivity index is 0. The first kappa shape index (κ1) is 25.4. The third-order valence-corrected chi connectivity index (χ3v) is 2.56. The zero-order valence-electron chi connectivity index (χ0n) is 14.9. The van der Waals surface area contributed by atoms with Crippen LogP contribution in [0.15, 0.2) is 18.2 Å². The summed E-state index contributed by atoms with van der Waals surface area (Å²) in [6.45, 7) is 3.98. The maximum absolute atomic E-state index is 10.9. The fraction of sp³-hybridized carbons (Fsp3) is 0.471. The van der Waals surface area contributed by atoms with Gasteiger partial charge in [-0.3, -0.25) is 9.59 Å². The SMILES string of the molecule is CCCC(=O)CC(=O)OCC.CI.COC(=O)c1cc(O)ccc1O. The summed E-state index contributed by atoms with van der Waals surface area (Å²) in [5.74, 6) is -1.42. The molecule has 25 heavy (non-hydrogen) atoms. The zero-order chi connectivity index (χ0) is 19.8. The van der Waals surface area contributed by atoms with Gasteiger partial charge in [-0.25, -0.2) is 4.79 Å². The van der Waals surface area contributed by atoms with Crippen LogP contribution in [0.2, 0.25) is 0 Å². The summed E-state index contributed by atoms with van der Waals surface area (Å²) in [6, 6.07) is 3.64. The van der Waals surface area contributed by atoms with E-state index in [1.54, 1.807) is 6.92 Å². The van der Waals surface area contributed by atoms with Gasteiger partial charge in [-0.1, -0.05) is 29.5 Å². The standard InChI is InChI=1S/C8H8O4.C8H14O3.CH3I/c1-12-8(11)6-4-5(9)2-3-7(6)10;1-3-5-7(9)6-8(10)11-4-2;1-2/h2-4,9-10H,1H3;3-6H2,1-2H3;1H3. The molecule has 0 saturated carbocycles. The molecule has 142 valence electrons. The fourth-order valence-corrected chi connectivity index (χ4v) is 1.54. The van der Waals surface area contributed by atoms with Gasteiger partial charge in [0, 0.05) is 6.42 Å². The van der Waals surface area contributed by atoms with Gasteiger partial charge in [0.25, 0.3) is 0 Å². The number of ketones is 1. The summed E-state index contributed by atoms with van der Waals surface area (Å²) in [6.07, 6.45) is 1.19. The van der Waals surface area contributed by atoms with E-state index in [9.17, 15) is 14.4 Å². The molecule has 0 radical (unpaired) electrons. The fourth-order valence-electron chi connectivity index (χ4n) is 1.54. The highest BCUT2D eigenvalue weighted by molar-refractivity contribution is 14.1. The van der Waals surface area contributed by atoms with E-state index in [1.807, 2.05) is 11.9 Å². The van der Waals surface area contributed by atoms with Crippen molar-refractivity contribution in [3.63, 3.8) is 0 Å². The average Bonchev–Trinajstić information content (AvgIpc) is 2.59. The number of hydrogen-bond acceptors (Lipinski definition) is 7. The number of alkyl halides is 1. The van der Waals surface area contributed by atoms with Crippen molar-refractivity contribution in [1.82, 2.24) is 0 Å². The van der Waals surface area contributed by atoms with Crippen LogP contribution in [0.4, 0.5) is 0 Å². The molecular formula is C17H25IO7. The van der Waals surface area contributed by atoms with Crippen LogP contribution in [0.1, 0.15) is 43.5 Å². The largest absolute Gasteiger partial charge is 0.508 e. The molecule has 0 saturated heterocycles. The Labute approximate surface area is 161 Å². The Morgan fingerprint density at radius 2 is 1.72 bits per heavy atom. The topological polar surface area (TPSA) is 110 Å². The summed E-state index contributed by atoms with van der Waals surface area (Å²) < 4.78 is 8.96. The van der Waals surface area contributed by atoms with Crippen molar-refractivity contribution in [2.45, 2.75) is 33.1 Å². The number of ether oxygens (including phenoxy) is 2. The lowest BCUT2D eigenvalue weighted by atomic mass is 10.2. The zero-order valence-corrected chi connectivity index (χ0v) is 17.0. The van der Waals surface area contributed by atoms with E-state index in [0.717, 1.165) is 12.5 Å². The molecular weight excluding hydrogens is 443 g/mol. The Morgan fingerprint density at radius 3 is 2.20 bits per heavy atom. The van der Waals surface area contributed by atoms with Crippen molar-refractivity contribution in [2.24, 2.45) is 0 Å². The lowest BCUT2D eigenvalue weighted by molar-refractivity contribution is -0.145. The van der Waals surface area contributed by atoms with E-state index in [1.165, 1.54) is 19.2 Å². The van der Waals surface area contributed by atoms with Crippen LogP contribution in [0.25, 0.3) is 0 Å². The van der Waals surface area contributed by atoms with E-state index >= 15 is 0 Å². The molecule has 0 unspecified atom stereocenters. The second-order valence-corrected chi connectivity index (χ2v) is 4.46. The molecule has 0 fully saturated rings. The molecule has 0 heterocycles. The number of aromatic hydroxyl groups is 2. The minimum absolute atomic E-state index is 0.0362. The van der Waals surface area contributed by atoms with Crippen molar-refractivity contribution < 1.29 is 34.1 Å². The number of methoxy groups -OCH3 is 1. The van der Waals surface area contributed by atoms with Crippen LogP contribution in [-0.2, 0) is 19.1 Å². The van der Waals surface area contributed by atoms with Crippen molar-refractivity contribution in [2.75, 3.05) is 18.6 Å². The van der Waals surface area contributed by atoms with Gasteiger partial charge >= 0.3 is 11.9 Å². The molecule has 0 aliphatic carbocycles. The second-order valence-electron chi connectivity index (χ2n) is 4.46. The molecule has 1 aromatic carbocycles. The Morgan fingerprint density at radius 1 is 1.12 bits per heavy atom. The number of Topliss-reactive ketones (excluding diaryl/α,β-unsaturated/α-hetero) is 1. The van der Waals surface area contributed by atoms with Crippen LogP contribution in [0, 0.1) is 0 Å². The number of hydrogen-bond donors (Lipinski definition) is 2. The number of rotatable bonds is 6. The van der Waals surface area contributed by atoms with Crippen molar-refractivity contribution >= 4 is 40.3 Å². The first-order valence-corrected chi connectivity index (χ1v) is 9.66. The minimum Gasteiger partial charge on any atom is -0.508 e. The summed E-state index contributed by atoms with van der Waals surface area (Å²) >= 11 is 2.15. The Kier molecular flexibility index (Phi) is 15.9. The highest BCUT2D eigenvalue weighted by Gasteiger charge is 2.11. The molecule has 0 aliphatic heterocycles. The van der Waals surface area contributed by atoms with Crippen molar-refractivity contribution in [3.05, 3.63) is 23.8 Å². The number of phenols is 2. The van der Waals surface area contributed by atoms with Gasteiger partial charge in [-0.15, -0.1) is 0 Å². The molecule has 0 aromatic heterocycles. The van der Waals surface area contributed by atoms with Crippen LogP contribution >= 0.6 is 22.6 Å². The van der Waals surface area contributed by atoms with E-state index in [-0.39, 0.29) is 29.3 Å². The number of esters is 2. The van der Waals surface area contributed by atoms with Crippen molar-refractivity contribution in [1.29, 1.82) is 0 Å². The number of benzene rings is 1. The van der Waals surface area contributed by atoms with E-state index in [4.69, 9.17) is 10.2 Å². The van der Waals surface area contributed by atoms with Gasteiger partial charge in [0.2, 0.25) is 0 Å². The third-order valence-electron chi connectivity index (χ3n) is 2.56. The lowest BCUT2D eigenvalue weighted by Gasteiger charge is -2.01. The predicted molar refractivity (Wildman–Crippen MR) is 102 cm³/mol. The molecule has 0 amide bonds. The summed E-state index contributed by atoms with van der Waals surface area (Å²) in [7, 11) is 1.20. The molecule has 1 aromatic rings. The van der Waals surface area contributed by atoms with E-state index in [0.29, 0.717) is 13.0 Å². The molecule has 7 nitrogen and oxygen atoms in total. The summed E-state index contributed by atoms with van der Waals surface area (Å²) in [5, 5.41) is 18.1. The normalized spacial score (nSPS) is 8.84. The molecule has 8 heteroatoms. The van der Waals surface area contributed by atoms with E-state index in [2.05, 4.69) is 32.1 Å². The average molecular weight is 468 g/mol. The highest BCUT2D eigenvalue weighted by Crippen LogP contribution is 2.22. The second kappa shape index (κ2) is 15.7.